The third kappa shape index (κ3) is 4.40. The molecule has 1 fully saturated rings. The van der Waals surface area contributed by atoms with E-state index in [0.29, 0.717) is 23.9 Å². The summed E-state index contributed by atoms with van der Waals surface area (Å²) in [6.45, 7) is 0.973. The third-order valence-corrected chi connectivity index (χ3v) is 5.71. The number of thioether (sulfide) groups is 1. The summed E-state index contributed by atoms with van der Waals surface area (Å²) in [7, 11) is 1.54. The van der Waals surface area contributed by atoms with Crippen molar-refractivity contribution in [3.63, 3.8) is 0 Å². The minimum absolute atomic E-state index is 0.249. The van der Waals surface area contributed by atoms with Crippen LogP contribution in [-0.2, 0) is 16.1 Å². The zero-order valence-electron chi connectivity index (χ0n) is 16.5. The molecule has 3 aromatic rings. The first-order valence-electron chi connectivity index (χ1n) is 9.59. The summed E-state index contributed by atoms with van der Waals surface area (Å²) in [4.78, 5) is 26.3. The van der Waals surface area contributed by atoms with Gasteiger partial charge in [-0.3, -0.25) is 14.5 Å². The molecule has 0 unspecified atom stereocenters. The molecule has 0 bridgehead atoms. The molecule has 0 aromatic heterocycles. The van der Waals surface area contributed by atoms with Gasteiger partial charge in [0, 0.05) is 12.7 Å². The van der Waals surface area contributed by atoms with Gasteiger partial charge in [-0.15, -0.1) is 0 Å². The lowest BCUT2D eigenvalue weighted by atomic mass is 10.1. The Labute approximate surface area is 179 Å². The molecule has 0 aliphatic carbocycles. The lowest BCUT2D eigenvalue weighted by Crippen LogP contribution is -2.31. The average Bonchev–Trinajstić information content (AvgIpc) is 3.04. The fourth-order valence-electron chi connectivity index (χ4n) is 3.24. The maximum Gasteiger partial charge on any atom is 0.293 e. The van der Waals surface area contributed by atoms with Gasteiger partial charge >= 0.3 is 0 Å². The van der Waals surface area contributed by atoms with Gasteiger partial charge in [0.05, 0.1) is 18.1 Å². The number of rotatable bonds is 7. The van der Waals surface area contributed by atoms with E-state index in [1.54, 1.807) is 6.08 Å². The van der Waals surface area contributed by atoms with Crippen LogP contribution in [0, 0.1) is 0 Å². The van der Waals surface area contributed by atoms with E-state index in [4.69, 9.17) is 9.47 Å². The van der Waals surface area contributed by atoms with E-state index in [-0.39, 0.29) is 17.7 Å². The molecule has 1 aliphatic rings. The van der Waals surface area contributed by atoms with Crippen molar-refractivity contribution in [3.05, 3.63) is 82.8 Å². The molecule has 152 valence electrons. The van der Waals surface area contributed by atoms with Gasteiger partial charge in [0.25, 0.3) is 11.1 Å². The van der Waals surface area contributed by atoms with Crippen LogP contribution in [0.15, 0.2) is 71.6 Å². The van der Waals surface area contributed by atoms with Crippen molar-refractivity contribution in [2.24, 2.45) is 0 Å². The minimum atomic E-state index is -0.300. The Morgan fingerprint density at radius 3 is 2.57 bits per heavy atom. The largest absolute Gasteiger partial charge is 0.488 e. The fourth-order valence-corrected chi connectivity index (χ4v) is 4.09. The first-order valence-corrected chi connectivity index (χ1v) is 10.4. The van der Waals surface area contributed by atoms with Crippen LogP contribution in [0.2, 0.25) is 0 Å². The number of carbonyl (C=O) groups excluding carboxylic acids is 2. The van der Waals surface area contributed by atoms with Gasteiger partial charge in [-0.05, 0) is 46.3 Å². The Morgan fingerprint density at radius 2 is 1.73 bits per heavy atom. The summed E-state index contributed by atoms with van der Waals surface area (Å²) >= 11 is 0.939. The number of benzene rings is 3. The second-order valence-electron chi connectivity index (χ2n) is 6.83. The van der Waals surface area contributed by atoms with Crippen LogP contribution in [0.1, 0.15) is 11.1 Å². The highest BCUT2D eigenvalue weighted by Crippen LogP contribution is 2.34. The Bertz CT molecular complexity index is 1120. The van der Waals surface area contributed by atoms with Crippen LogP contribution in [0.25, 0.3) is 16.8 Å². The molecule has 1 heterocycles. The maximum atomic E-state index is 12.6. The van der Waals surface area contributed by atoms with Crippen molar-refractivity contribution in [1.29, 1.82) is 0 Å². The van der Waals surface area contributed by atoms with Crippen LogP contribution in [0.3, 0.4) is 0 Å². The highest BCUT2D eigenvalue weighted by atomic mass is 32.2. The van der Waals surface area contributed by atoms with E-state index in [1.807, 2.05) is 42.5 Å². The van der Waals surface area contributed by atoms with Gasteiger partial charge in [-0.1, -0.05) is 54.6 Å². The van der Waals surface area contributed by atoms with Crippen LogP contribution in [0.4, 0.5) is 4.79 Å². The van der Waals surface area contributed by atoms with Gasteiger partial charge < -0.3 is 9.47 Å². The van der Waals surface area contributed by atoms with E-state index in [0.717, 1.165) is 28.3 Å². The van der Waals surface area contributed by atoms with Gasteiger partial charge in [0.15, 0.2) is 0 Å². The molecule has 0 atom stereocenters. The number of ether oxygens (including phenoxy) is 2. The predicted octanol–water partition coefficient (Wildman–Crippen LogP) is 5.10. The summed E-state index contributed by atoms with van der Waals surface area (Å²) in [6.07, 6.45) is 1.72. The smallest absolute Gasteiger partial charge is 0.293 e. The van der Waals surface area contributed by atoms with Crippen LogP contribution in [-0.4, -0.2) is 36.3 Å². The van der Waals surface area contributed by atoms with Crippen molar-refractivity contribution in [2.45, 2.75) is 6.61 Å². The van der Waals surface area contributed by atoms with E-state index in [9.17, 15) is 9.59 Å². The molecule has 4 rings (SSSR count). The third-order valence-electron chi connectivity index (χ3n) is 4.81. The lowest BCUT2D eigenvalue weighted by Gasteiger charge is -2.11. The first kappa shape index (κ1) is 20.2. The summed E-state index contributed by atoms with van der Waals surface area (Å²) < 4.78 is 11.0. The number of nitrogens with zero attached hydrogens (tertiary/aromatic N) is 1. The standard InChI is InChI=1S/C24H21NO4S/c1-28-13-12-25-23(26)22(30-24(25)27)15-20-8-4-5-9-21(20)29-16-17-10-11-18-6-2-3-7-19(18)14-17/h2-11,14-15H,12-13,16H2,1H3/b22-15+. The molecule has 3 aromatic carbocycles. The van der Waals surface area contributed by atoms with Gasteiger partial charge in [0.2, 0.25) is 0 Å². The Hall–Kier alpha value is -3.09. The molecule has 2 amide bonds. The second kappa shape index (κ2) is 9.15. The molecular weight excluding hydrogens is 398 g/mol. The number of hydrogen-bond donors (Lipinski definition) is 0. The highest BCUT2D eigenvalue weighted by molar-refractivity contribution is 8.18. The molecule has 30 heavy (non-hydrogen) atoms. The van der Waals surface area contributed by atoms with E-state index in [2.05, 4.69) is 24.3 Å². The predicted molar refractivity (Wildman–Crippen MR) is 119 cm³/mol. The van der Waals surface area contributed by atoms with Crippen LogP contribution < -0.4 is 4.74 Å². The Balaban J connectivity index is 1.52. The highest BCUT2D eigenvalue weighted by Gasteiger charge is 2.34. The Kier molecular flexibility index (Phi) is 6.16. The molecule has 0 saturated carbocycles. The Morgan fingerprint density at radius 1 is 0.967 bits per heavy atom. The number of methoxy groups -OCH3 is 1. The van der Waals surface area contributed by atoms with E-state index < -0.39 is 0 Å². The van der Waals surface area contributed by atoms with Crippen molar-refractivity contribution in [3.8, 4) is 5.75 Å². The number of imide groups is 1. The number of amides is 2. The van der Waals surface area contributed by atoms with Crippen LogP contribution in [0.5, 0.6) is 5.75 Å². The topological polar surface area (TPSA) is 55.8 Å². The van der Waals surface area contributed by atoms with Crippen molar-refractivity contribution < 1.29 is 19.1 Å². The summed E-state index contributed by atoms with van der Waals surface area (Å²) in [5.74, 6) is 0.362. The number of fused-ring (bicyclic) bond motifs is 1. The number of hydrogen-bond acceptors (Lipinski definition) is 5. The monoisotopic (exact) mass is 419 g/mol. The van der Waals surface area contributed by atoms with Gasteiger partial charge in [-0.25, -0.2) is 0 Å². The average molecular weight is 420 g/mol. The molecule has 5 nitrogen and oxygen atoms in total. The van der Waals surface area contributed by atoms with Crippen molar-refractivity contribution in [2.75, 3.05) is 20.3 Å². The lowest BCUT2D eigenvalue weighted by molar-refractivity contribution is -0.123. The minimum Gasteiger partial charge on any atom is -0.488 e. The maximum absolute atomic E-state index is 12.6. The van der Waals surface area contributed by atoms with Crippen LogP contribution >= 0.6 is 11.8 Å². The SMILES string of the molecule is COCCN1C(=O)S/C(=C/c2ccccc2OCc2ccc3ccccc3c2)C1=O. The molecular formula is C24H21NO4S. The summed E-state index contributed by atoms with van der Waals surface area (Å²) in [5, 5.41) is 2.07. The van der Waals surface area contributed by atoms with Crippen molar-refractivity contribution in [1.82, 2.24) is 4.90 Å². The molecule has 0 N–H and O–H groups in total. The molecule has 1 aliphatic heterocycles. The first-order chi connectivity index (χ1) is 14.7. The molecule has 1 saturated heterocycles. The number of para-hydroxylation sites is 1. The zero-order valence-corrected chi connectivity index (χ0v) is 17.4. The quantitative estimate of drug-likeness (QED) is 0.499. The van der Waals surface area contributed by atoms with Gasteiger partial charge in [0.1, 0.15) is 12.4 Å². The normalized spacial score (nSPS) is 15.4. The molecule has 0 radical (unpaired) electrons. The van der Waals surface area contributed by atoms with E-state index >= 15 is 0 Å². The van der Waals surface area contributed by atoms with Crippen molar-refractivity contribution >= 4 is 39.8 Å². The molecule has 0 spiro atoms. The zero-order chi connectivity index (χ0) is 20.9. The molecule has 6 heteroatoms. The number of carbonyl (C=O) groups is 2. The second-order valence-corrected chi connectivity index (χ2v) is 7.83. The summed E-state index contributed by atoms with van der Waals surface area (Å²) in [5.41, 5.74) is 1.82. The van der Waals surface area contributed by atoms with E-state index in [1.165, 1.54) is 17.4 Å². The summed E-state index contributed by atoms with van der Waals surface area (Å²) in [6, 6.07) is 21.9. The van der Waals surface area contributed by atoms with Gasteiger partial charge in [-0.2, -0.15) is 0 Å². The fraction of sp³-hybridized carbons (Fsp3) is 0.167.